The monoisotopic (exact) mass is 344 g/mol. The topological polar surface area (TPSA) is 75.7 Å². The van der Waals surface area contributed by atoms with Crippen molar-refractivity contribution in [2.75, 3.05) is 13.1 Å². The van der Waals surface area contributed by atoms with Gasteiger partial charge in [0.25, 0.3) is 0 Å². The highest BCUT2D eigenvalue weighted by Gasteiger charge is 2.36. The van der Waals surface area contributed by atoms with Crippen molar-refractivity contribution in [1.29, 1.82) is 0 Å². The first-order valence-electron chi connectivity index (χ1n) is 7.09. The van der Waals surface area contributed by atoms with Crippen LogP contribution in [0.25, 0.3) is 0 Å². The van der Waals surface area contributed by atoms with Gasteiger partial charge in [-0.25, -0.2) is 8.42 Å². The molecule has 0 radical (unpaired) electrons. The minimum atomic E-state index is -3.77. The summed E-state index contributed by atoms with van der Waals surface area (Å²) in [6.07, 6.45) is 0.596. The van der Waals surface area contributed by atoms with Gasteiger partial charge in [0, 0.05) is 25.1 Å². The number of nitrogens with one attached hydrogen (secondary N) is 1. The van der Waals surface area contributed by atoms with Crippen molar-refractivity contribution < 1.29 is 17.9 Å². The summed E-state index contributed by atoms with van der Waals surface area (Å²) < 4.78 is 32.4. The lowest BCUT2D eigenvalue weighted by atomic mass is 10.1. The number of amides is 1. The molecule has 8 heteroatoms. The highest BCUT2D eigenvalue weighted by atomic mass is 35.5. The molecule has 120 valence electrons. The summed E-state index contributed by atoms with van der Waals surface area (Å²) in [5, 5.41) is 2.94. The molecule has 1 fully saturated rings. The number of sulfonamides is 1. The minimum Gasteiger partial charge on any atom is -0.489 e. The van der Waals surface area contributed by atoms with Gasteiger partial charge in [-0.1, -0.05) is 11.6 Å². The Balaban J connectivity index is 2.02. The third kappa shape index (κ3) is 2.47. The van der Waals surface area contributed by atoms with E-state index < -0.39 is 16.1 Å². The molecule has 2 atom stereocenters. The van der Waals surface area contributed by atoms with Gasteiger partial charge in [-0.15, -0.1) is 0 Å². The second-order valence-corrected chi connectivity index (χ2v) is 7.91. The summed E-state index contributed by atoms with van der Waals surface area (Å²) in [5.74, 6) is 0.261. The van der Waals surface area contributed by atoms with Gasteiger partial charge in [0.05, 0.1) is 9.92 Å². The molecule has 2 aliphatic rings. The van der Waals surface area contributed by atoms with Crippen LogP contribution >= 0.6 is 11.6 Å². The molecule has 0 aliphatic carbocycles. The van der Waals surface area contributed by atoms with E-state index in [9.17, 15) is 13.2 Å². The molecule has 0 bridgehead atoms. The largest absolute Gasteiger partial charge is 0.489 e. The van der Waals surface area contributed by atoms with E-state index in [1.54, 1.807) is 13.0 Å². The van der Waals surface area contributed by atoms with E-state index >= 15 is 0 Å². The number of halogens is 1. The molecule has 22 heavy (non-hydrogen) atoms. The van der Waals surface area contributed by atoms with Gasteiger partial charge in [0.2, 0.25) is 15.9 Å². The number of benzene rings is 1. The second kappa shape index (κ2) is 5.40. The van der Waals surface area contributed by atoms with Crippen molar-refractivity contribution in [3.63, 3.8) is 0 Å². The molecule has 2 unspecified atom stereocenters. The predicted molar refractivity (Wildman–Crippen MR) is 81.6 cm³/mol. The van der Waals surface area contributed by atoms with Crippen LogP contribution in [0.1, 0.15) is 19.4 Å². The van der Waals surface area contributed by atoms with Gasteiger partial charge in [-0.3, -0.25) is 4.79 Å². The first kappa shape index (κ1) is 15.6. The van der Waals surface area contributed by atoms with Gasteiger partial charge in [0.1, 0.15) is 17.9 Å². The molecule has 3 rings (SSSR count). The number of nitrogens with zero attached hydrogens (tertiary/aromatic N) is 1. The van der Waals surface area contributed by atoms with Crippen LogP contribution in [0.5, 0.6) is 5.75 Å². The Morgan fingerprint density at radius 3 is 2.82 bits per heavy atom. The molecular formula is C14H17ClN2O4S. The van der Waals surface area contributed by atoms with Crippen LogP contribution in [0.4, 0.5) is 0 Å². The number of hydrogen-bond donors (Lipinski definition) is 1. The van der Waals surface area contributed by atoms with Gasteiger partial charge in [-0.05, 0) is 26.0 Å². The number of ether oxygens (including phenoxy) is 1. The van der Waals surface area contributed by atoms with Gasteiger partial charge >= 0.3 is 0 Å². The Kier molecular flexibility index (Phi) is 3.82. The fraction of sp³-hybridized carbons (Fsp3) is 0.500. The second-order valence-electron chi connectivity index (χ2n) is 5.61. The van der Waals surface area contributed by atoms with Crippen molar-refractivity contribution in [1.82, 2.24) is 9.62 Å². The van der Waals surface area contributed by atoms with Crippen LogP contribution in [-0.2, 0) is 21.2 Å². The van der Waals surface area contributed by atoms with E-state index in [1.807, 2.05) is 6.92 Å². The molecule has 0 saturated carbocycles. The lowest BCUT2D eigenvalue weighted by molar-refractivity contribution is -0.126. The van der Waals surface area contributed by atoms with E-state index in [-0.39, 0.29) is 28.5 Å². The molecule has 1 saturated heterocycles. The fourth-order valence-electron chi connectivity index (χ4n) is 2.83. The number of rotatable bonds is 2. The SMILES string of the molecule is CC1Cc2cc(S(=O)(=O)N3CCNC(=O)C3C)cc(Cl)c2O1. The highest BCUT2D eigenvalue weighted by molar-refractivity contribution is 7.89. The number of carbonyl (C=O) groups is 1. The maximum atomic E-state index is 12.8. The summed E-state index contributed by atoms with van der Waals surface area (Å²) in [5.41, 5.74) is 0.785. The zero-order valence-electron chi connectivity index (χ0n) is 12.3. The van der Waals surface area contributed by atoms with Crippen molar-refractivity contribution in [2.45, 2.75) is 37.3 Å². The van der Waals surface area contributed by atoms with Crippen molar-refractivity contribution in [3.05, 3.63) is 22.7 Å². The van der Waals surface area contributed by atoms with E-state index in [2.05, 4.69) is 5.32 Å². The fourth-order valence-corrected chi connectivity index (χ4v) is 4.85. The highest BCUT2D eigenvalue weighted by Crippen LogP contribution is 2.38. The molecule has 1 aromatic carbocycles. The first-order valence-corrected chi connectivity index (χ1v) is 8.91. The van der Waals surface area contributed by atoms with Crippen LogP contribution in [0, 0.1) is 0 Å². The summed E-state index contributed by atoms with van der Waals surface area (Å²) in [4.78, 5) is 11.8. The average molecular weight is 345 g/mol. The van der Waals surface area contributed by atoms with Crippen molar-refractivity contribution in [2.24, 2.45) is 0 Å². The minimum absolute atomic E-state index is 0.0230. The quantitative estimate of drug-likeness (QED) is 0.874. The summed E-state index contributed by atoms with van der Waals surface area (Å²) >= 11 is 6.16. The van der Waals surface area contributed by atoms with Gasteiger partial charge in [0.15, 0.2) is 0 Å². The molecule has 1 N–H and O–H groups in total. The molecule has 0 aromatic heterocycles. The Hall–Kier alpha value is -1.31. The number of hydrogen-bond acceptors (Lipinski definition) is 4. The van der Waals surface area contributed by atoms with E-state index in [1.165, 1.54) is 10.4 Å². The zero-order valence-corrected chi connectivity index (χ0v) is 13.9. The van der Waals surface area contributed by atoms with Gasteiger partial charge in [-0.2, -0.15) is 4.31 Å². The zero-order chi connectivity index (χ0) is 16.1. The van der Waals surface area contributed by atoms with Crippen LogP contribution in [-0.4, -0.2) is 43.9 Å². The molecule has 1 aromatic rings. The maximum absolute atomic E-state index is 12.8. The standard InChI is InChI=1S/C14H17ClN2O4S/c1-8-5-10-6-11(7-12(15)13(10)21-8)22(19,20)17-4-3-16-14(18)9(17)2/h6-9H,3-5H2,1-2H3,(H,16,18). The average Bonchev–Trinajstić information content (AvgIpc) is 2.82. The summed E-state index contributed by atoms with van der Waals surface area (Å²) in [7, 11) is -3.77. The van der Waals surface area contributed by atoms with Crippen molar-refractivity contribution >= 4 is 27.5 Å². The van der Waals surface area contributed by atoms with Crippen LogP contribution in [0.3, 0.4) is 0 Å². The van der Waals surface area contributed by atoms with Crippen LogP contribution in [0.2, 0.25) is 5.02 Å². The molecule has 2 aliphatic heterocycles. The molecule has 1 amide bonds. The molecular weight excluding hydrogens is 328 g/mol. The molecule has 2 heterocycles. The smallest absolute Gasteiger partial charge is 0.243 e. The third-order valence-electron chi connectivity index (χ3n) is 3.97. The van der Waals surface area contributed by atoms with E-state index in [0.29, 0.717) is 18.7 Å². The normalized spacial score (nSPS) is 25.5. The summed E-state index contributed by atoms with van der Waals surface area (Å²) in [6, 6.07) is 2.26. The van der Waals surface area contributed by atoms with Crippen LogP contribution < -0.4 is 10.1 Å². The lowest BCUT2D eigenvalue weighted by Gasteiger charge is -2.31. The predicted octanol–water partition coefficient (Wildman–Crippen LogP) is 1.17. The van der Waals surface area contributed by atoms with E-state index in [0.717, 1.165) is 5.56 Å². The Labute approximate surface area is 134 Å². The number of carbonyl (C=O) groups excluding carboxylic acids is 1. The molecule has 6 nitrogen and oxygen atoms in total. The van der Waals surface area contributed by atoms with E-state index in [4.69, 9.17) is 16.3 Å². The number of piperazine rings is 1. The van der Waals surface area contributed by atoms with Crippen molar-refractivity contribution in [3.8, 4) is 5.75 Å². The molecule has 0 spiro atoms. The summed E-state index contributed by atoms with van der Waals surface area (Å²) in [6.45, 7) is 4.03. The number of fused-ring (bicyclic) bond motifs is 1. The Bertz CT molecular complexity index is 735. The van der Waals surface area contributed by atoms with Crippen LogP contribution in [0.15, 0.2) is 17.0 Å². The van der Waals surface area contributed by atoms with Gasteiger partial charge < -0.3 is 10.1 Å². The Morgan fingerprint density at radius 2 is 2.09 bits per heavy atom. The lowest BCUT2D eigenvalue weighted by Crippen LogP contribution is -2.55. The third-order valence-corrected chi connectivity index (χ3v) is 6.20. The first-order chi connectivity index (χ1) is 10.3. The maximum Gasteiger partial charge on any atom is 0.243 e. The Morgan fingerprint density at radius 1 is 1.36 bits per heavy atom.